The van der Waals surface area contributed by atoms with Gasteiger partial charge >= 0.3 is 0 Å². The normalized spacial score (nSPS) is 11.0. The molecular formula is C27H23N5O4S2. The van der Waals surface area contributed by atoms with Gasteiger partial charge in [-0.15, -0.1) is 0 Å². The Morgan fingerprint density at radius 3 is 2.42 bits per heavy atom. The van der Waals surface area contributed by atoms with Gasteiger partial charge in [0, 0.05) is 16.8 Å². The molecule has 0 unspecified atom stereocenters. The van der Waals surface area contributed by atoms with Gasteiger partial charge in [-0.25, -0.2) is 23.5 Å². The second-order valence-corrected chi connectivity index (χ2v) is 10.7. The van der Waals surface area contributed by atoms with Crippen molar-refractivity contribution < 1.29 is 17.9 Å². The third-order valence-corrected chi connectivity index (χ3v) is 7.25. The van der Waals surface area contributed by atoms with Crippen LogP contribution >= 0.6 is 11.8 Å². The predicted molar refractivity (Wildman–Crippen MR) is 146 cm³/mol. The van der Waals surface area contributed by atoms with E-state index in [0.29, 0.717) is 28.3 Å². The first-order chi connectivity index (χ1) is 18.2. The number of thioether (sulfide) groups is 1. The van der Waals surface area contributed by atoms with Crippen LogP contribution in [0.4, 0.5) is 11.5 Å². The number of nitrogens with two attached hydrogens (primary N) is 1. The number of primary sulfonamides is 1. The maximum absolute atomic E-state index is 12.8. The summed E-state index contributed by atoms with van der Waals surface area (Å²) in [6.45, 7) is 1.95. The number of methoxy groups -OCH3 is 1. The Balaban J connectivity index is 1.71. The average Bonchev–Trinajstić information content (AvgIpc) is 2.91. The van der Waals surface area contributed by atoms with E-state index in [1.807, 2.05) is 31.2 Å². The van der Waals surface area contributed by atoms with E-state index in [0.717, 1.165) is 17.3 Å². The van der Waals surface area contributed by atoms with E-state index in [1.165, 1.54) is 18.2 Å². The molecule has 38 heavy (non-hydrogen) atoms. The van der Waals surface area contributed by atoms with Crippen LogP contribution in [0.15, 0.2) is 82.8 Å². The Morgan fingerprint density at radius 2 is 1.79 bits per heavy atom. The molecule has 11 heteroatoms. The number of Topliss-reactive ketones (excluding diaryl/α,β-unsaturated/α-hetero) is 1. The first kappa shape index (κ1) is 26.8. The Labute approximate surface area is 224 Å². The Hall–Kier alpha value is -4.24. The van der Waals surface area contributed by atoms with E-state index in [2.05, 4.69) is 21.4 Å². The number of anilines is 2. The number of aromatic nitrogens is 2. The number of hydrogen-bond donors (Lipinski definition) is 2. The molecule has 0 saturated carbocycles. The molecule has 0 atom stereocenters. The number of nitriles is 1. The molecule has 0 saturated heterocycles. The highest BCUT2D eigenvalue weighted by molar-refractivity contribution is 7.99. The van der Waals surface area contributed by atoms with Crippen molar-refractivity contribution >= 4 is 39.1 Å². The smallest absolute Gasteiger partial charge is 0.238 e. The van der Waals surface area contributed by atoms with Crippen LogP contribution in [0.3, 0.4) is 0 Å². The molecule has 0 aliphatic carbocycles. The maximum Gasteiger partial charge on any atom is 0.238 e. The second kappa shape index (κ2) is 11.4. The summed E-state index contributed by atoms with van der Waals surface area (Å²) in [7, 11) is -2.38. The second-order valence-electron chi connectivity index (χ2n) is 8.19. The van der Waals surface area contributed by atoms with Gasteiger partial charge in [-0.2, -0.15) is 5.26 Å². The topological polar surface area (TPSA) is 148 Å². The summed E-state index contributed by atoms with van der Waals surface area (Å²) >= 11 is 1.13. The zero-order valence-electron chi connectivity index (χ0n) is 20.5. The van der Waals surface area contributed by atoms with Gasteiger partial charge in [-0.3, -0.25) is 4.79 Å². The van der Waals surface area contributed by atoms with Gasteiger partial charge in [0.1, 0.15) is 17.4 Å². The lowest BCUT2D eigenvalue weighted by Crippen LogP contribution is -2.12. The maximum atomic E-state index is 12.8. The van der Waals surface area contributed by atoms with Crippen molar-refractivity contribution in [2.24, 2.45) is 5.14 Å². The Morgan fingerprint density at radius 1 is 1.08 bits per heavy atom. The highest BCUT2D eigenvalue weighted by Gasteiger charge is 2.19. The molecule has 0 radical (unpaired) electrons. The summed E-state index contributed by atoms with van der Waals surface area (Å²) < 4.78 is 28.8. The van der Waals surface area contributed by atoms with E-state index in [9.17, 15) is 18.5 Å². The number of ketones is 1. The number of benzene rings is 3. The fraction of sp³-hybridized carbons (Fsp3) is 0.111. The monoisotopic (exact) mass is 545 g/mol. The van der Waals surface area contributed by atoms with Gasteiger partial charge in [0.15, 0.2) is 16.8 Å². The third kappa shape index (κ3) is 6.36. The van der Waals surface area contributed by atoms with Crippen molar-refractivity contribution in [2.75, 3.05) is 18.2 Å². The van der Waals surface area contributed by atoms with Crippen molar-refractivity contribution in [3.63, 3.8) is 0 Å². The molecule has 0 aliphatic rings. The molecule has 9 nitrogen and oxygen atoms in total. The predicted octanol–water partition coefficient (Wildman–Crippen LogP) is 4.70. The fourth-order valence-corrected chi connectivity index (χ4v) is 4.80. The first-order valence-electron chi connectivity index (χ1n) is 11.3. The summed E-state index contributed by atoms with van der Waals surface area (Å²) in [6.07, 6.45) is 0. The third-order valence-electron chi connectivity index (χ3n) is 5.49. The molecule has 0 bridgehead atoms. The number of hydrogen-bond acceptors (Lipinski definition) is 9. The van der Waals surface area contributed by atoms with Crippen molar-refractivity contribution in [2.45, 2.75) is 17.0 Å². The zero-order chi connectivity index (χ0) is 27.3. The molecule has 0 fully saturated rings. The van der Waals surface area contributed by atoms with Crippen molar-refractivity contribution in [3.05, 3.63) is 89.5 Å². The zero-order valence-corrected chi connectivity index (χ0v) is 22.1. The highest BCUT2D eigenvalue weighted by atomic mass is 32.2. The van der Waals surface area contributed by atoms with Crippen LogP contribution in [0.5, 0.6) is 5.75 Å². The summed E-state index contributed by atoms with van der Waals surface area (Å²) in [4.78, 5) is 21.8. The minimum Gasteiger partial charge on any atom is -0.497 e. The number of carbonyl (C=O) groups is 1. The SMILES string of the molecule is COc1ccc(C(=O)CSc2nc(Nc3cccc(S(N)(=O)=O)c3)c(C#N)c(-c3ccc(C)cc3)n2)cc1. The molecule has 4 aromatic rings. The van der Waals surface area contributed by atoms with Gasteiger partial charge in [0.25, 0.3) is 0 Å². The van der Waals surface area contributed by atoms with Crippen LogP contribution in [0.1, 0.15) is 21.5 Å². The van der Waals surface area contributed by atoms with Crippen LogP contribution < -0.4 is 15.2 Å². The van der Waals surface area contributed by atoms with Gasteiger partial charge in [0.2, 0.25) is 10.0 Å². The molecule has 3 aromatic carbocycles. The molecule has 0 aliphatic heterocycles. The fourth-order valence-electron chi connectivity index (χ4n) is 3.50. The molecule has 1 aromatic heterocycles. The van der Waals surface area contributed by atoms with Crippen LogP contribution in [0, 0.1) is 18.3 Å². The standard InChI is InChI=1S/C27H23N5O4S2/c1-17-6-8-19(9-7-17)25-23(15-28)26(30-20-4-3-5-22(14-20)38(29,34)35)32-27(31-25)37-16-24(33)18-10-12-21(36-2)13-11-18/h3-14H,16H2,1-2H3,(H2,29,34,35)(H,30,31,32). The lowest BCUT2D eigenvalue weighted by molar-refractivity contribution is 0.102. The lowest BCUT2D eigenvalue weighted by atomic mass is 10.1. The lowest BCUT2D eigenvalue weighted by Gasteiger charge is -2.13. The van der Waals surface area contributed by atoms with Crippen molar-refractivity contribution in [1.82, 2.24) is 9.97 Å². The number of nitrogens with zero attached hydrogens (tertiary/aromatic N) is 3. The largest absolute Gasteiger partial charge is 0.497 e. The summed E-state index contributed by atoms with van der Waals surface area (Å²) in [5, 5.41) is 18.6. The quantitative estimate of drug-likeness (QED) is 0.173. The number of sulfonamides is 1. The number of aryl methyl sites for hydroxylation is 1. The van der Waals surface area contributed by atoms with E-state index < -0.39 is 10.0 Å². The van der Waals surface area contributed by atoms with Gasteiger partial charge in [-0.05, 0) is 49.4 Å². The van der Waals surface area contributed by atoms with Crippen molar-refractivity contribution in [1.29, 1.82) is 5.26 Å². The molecule has 0 spiro atoms. The minimum absolute atomic E-state index is 0.0614. The average molecular weight is 546 g/mol. The summed E-state index contributed by atoms with van der Waals surface area (Å²) in [5.41, 5.74) is 3.17. The van der Waals surface area contributed by atoms with Gasteiger partial charge < -0.3 is 10.1 Å². The van der Waals surface area contributed by atoms with Crippen molar-refractivity contribution in [3.8, 4) is 23.1 Å². The van der Waals surface area contributed by atoms with E-state index in [1.54, 1.807) is 37.4 Å². The van der Waals surface area contributed by atoms with E-state index in [-0.39, 0.29) is 33.0 Å². The summed E-state index contributed by atoms with van der Waals surface area (Å²) in [6, 6.07) is 22.3. The molecule has 1 heterocycles. The molecule has 3 N–H and O–H groups in total. The van der Waals surface area contributed by atoms with Crippen LogP contribution in [-0.4, -0.2) is 37.0 Å². The van der Waals surface area contributed by atoms with Crippen LogP contribution in [0.25, 0.3) is 11.3 Å². The number of nitrogens with one attached hydrogen (secondary N) is 1. The molecule has 4 rings (SSSR count). The molecular weight excluding hydrogens is 522 g/mol. The first-order valence-corrected chi connectivity index (χ1v) is 13.8. The van der Waals surface area contributed by atoms with Gasteiger partial charge in [0.05, 0.1) is 23.5 Å². The Kier molecular flexibility index (Phi) is 8.07. The molecule has 192 valence electrons. The van der Waals surface area contributed by atoms with Crippen LogP contribution in [0.2, 0.25) is 0 Å². The number of carbonyl (C=O) groups excluding carboxylic acids is 1. The molecule has 0 amide bonds. The summed E-state index contributed by atoms with van der Waals surface area (Å²) in [5.74, 6) is 0.753. The highest BCUT2D eigenvalue weighted by Crippen LogP contribution is 2.31. The number of ether oxygens (including phenoxy) is 1. The van der Waals surface area contributed by atoms with Crippen LogP contribution in [-0.2, 0) is 10.0 Å². The van der Waals surface area contributed by atoms with E-state index in [4.69, 9.17) is 9.88 Å². The number of rotatable bonds is 9. The van der Waals surface area contributed by atoms with E-state index >= 15 is 0 Å². The van der Waals surface area contributed by atoms with Gasteiger partial charge in [-0.1, -0.05) is 47.7 Å². The minimum atomic E-state index is -3.93. The Bertz CT molecular complexity index is 1630.